The van der Waals surface area contributed by atoms with Crippen LogP contribution in [0.4, 0.5) is 4.39 Å². The predicted octanol–water partition coefficient (Wildman–Crippen LogP) is 5.18. The number of thiophene rings is 1. The number of aromatic amines is 1. The zero-order valence-electron chi connectivity index (χ0n) is 19.9. The van der Waals surface area contributed by atoms with Crippen molar-refractivity contribution in [3.63, 3.8) is 0 Å². The van der Waals surface area contributed by atoms with E-state index in [0.29, 0.717) is 4.21 Å². The van der Waals surface area contributed by atoms with Gasteiger partial charge < -0.3 is 4.98 Å². The summed E-state index contributed by atoms with van der Waals surface area (Å²) in [5.41, 5.74) is 6.49. The molecule has 6 nitrogen and oxygen atoms in total. The van der Waals surface area contributed by atoms with Gasteiger partial charge >= 0.3 is 0 Å². The number of nitrogens with one attached hydrogen (secondary N) is 2. The first-order valence-electron chi connectivity index (χ1n) is 11.8. The number of aromatic nitrogens is 2. The minimum absolute atomic E-state index is 0.256. The zero-order valence-corrected chi connectivity index (χ0v) is 21.5. The van der Waals surface area contributed by atoms with Crippen LogP contribution < -0.4 is 4.72 Å². The molecule has 0 radical (unpaired) electrons. The lowest BCUT2D eigenvalue weighted by Gasteiger charge is -2.26. The van der Waals surface area contributed by atoms with Gasteiger partial charge in [-0.05, 0) is 85.1 Å². The van der Waals surface area contributed by atoms with Crippen molar-refractivity contribution in [1.29, 1.82) is 0 Å². The van der Waals surface area contributed by atoms with Gasteiger partial charge in [0.05, 0.1) is 5.69 Å². The van der Waals surface area contributed by atoms with Crippen LogP contribution in [-0.4, -0.2) is 50.0 Å². The van der Waals surface area contributed by atoms with Crippen LogP contribution in [-0.2, 0) is 16.4 Å². The van der Waals surface area contributed by atoms with Crippen LogP contribution in [0.25, 0.3) is 28.0 Å². The lowest BCUT2D eigenvalue weighted by molar-refractivity contribution is 0.306. The summed E-state index contributed by atoms with van der Waals surface area (Å²) in [5.74, 6) is -0.256. The van der Waals surface area contributed by atoms with E-state index < -0.39 is 10.0 Å². The van der Waals surface area contributed by atoms with Crippen LogP contribution in [0.5, 0.6) is 0 Å². The average Bonchev–Trinajstić information content (AvgIpc) is 3.57. The second kappa shape index (κ2) is 10.5. The summed E-state index contributed by atoms with van der Waals surface area (Å²) in [4.78, 5) is 11.0. The fourth-order valence-corrected chi connectivity index (χ4v) is 6.69. The van der Waals surface area contributed by atoms with E-state index in [1.165, 1.54) is 36.1 Å². The van der Waals surface area contributed by atoms with Gasteiger partial charge in [-0.15, -0.1) is 11.3 Å². The van der Waals surface area contributed by atoms with Crippen LogP contribution in [0, 0.1) is 5.82 Å². The Morgan fingerprint density at radius 1 is 1.08 bits per heavy atom. The van der Waals surface area contributed by atoms with Crippen molar-refractivity contribution >= 4 is 26.9 Å². The minimum Gasteiger partial charge on any atom is -0.360 e. The Morgan fingerprint density at radius 3 is 2.56 bits per heavy atom. The van der Waals surface area contributed by atoms with Crippen LogP contribution in [0.1, 0.15) is 16.9 Å². The standard InChI is InChI=1S/C27H27FN4O2S2/c1-29-36(33,34)25-7-6-23(35-25)12-17-32-15-10-19(11-16-32)24-18-31-27(21-2-4-22(28)5-3-21)26(24)20-8-13-30-14-9-20/h2-10,13-14,18,29,31H,11-12,15-17H2,1H3. The molecule has 0 fully saturated rings. The van der Waals surface area contributed by atoms with Crippen LogP contribution in [0.2, 0.25) is 0 Å². The lowest BCUT2D eigenvalue weighted by Crippen LogP contribution is -2.30. The number of rotatable bonds is 8. The number of hydrogen-bond donors (Lipinski definition) is 2. The second-order valence-electron chi connectivity index (χ2n) is 8.65. The SMILES string of the molecule is CNS(=O)(=O)c1ccc(CCN2CC=C(c3c[nH]c(-c4ccc(F)cc4)c3-c3ccncc3)CC2)s1. The molecule has 1 aliphatic heterocycles. The third-order valence-electron chi connectivity index (χ3n) is 6.47. The number of H-pyrrole nitrogens is 1. The minimum atomic E-state index is -3.39. The first kappa shape index (κ1) is 24.6. The molecular formula is C27H27FN4O2S2. The van der Waals surface area contributed by atoms with Crippen molar-refractivity contribution < 1.29 is 12.8 Å². The Bertz CT molecular complexity index is 1480. The van der Waals surface area contributed by atoms with E-state index in [9.17, 15) is 12.8 Å². The average molecular weight is 523 g/mol. The topological polar surface area (TPSA) is 78.1 Å². The number of benzene rings is 1. The van der Waals surface area contributed by atoms with E-state index in [-0.39, 0.29) is 5.82 Å². The largest absolute Gasteiger partial charge is 0.360 e. The van der Waals surface area contributed by atoms with E-state index >= 15 is 0 Å². The monoisotopic (exact) mass is 522 g/mol. The predicted molar refractivity (Wildman–Crippen MR) is 143 cm³/mol. The molecule has 4 heterocycles. The van der Waals surface area contributed by atoms with Gasteiger partial charge in [0.25, 0.3) is 0 Å². The first-order chi connectivity index (χ1) is 17.4. The molecule has 0 unspecified atom stereocenters. The first-order valence-corrected chi connectivity index (χ1v) is 14.1. The highest BCUT2D eigenvalue weighted by Gasteiger charge is 2.21. The number of pyridine rings is 1. The summed E-state index contributed by atoms with van der Waals surface area (Å²) >= 11 is 1.33. The molecule has 4 aromatic rings. The summed E-state index contributed by atoms with van der Waals surface area (Å²) in [5, 5.41) is 0. The third kappa shape index (κ3) is 5.19. The van der Waals surface area contributed by atoms with Crippen LogP contribution in [0.15, 0.2) is 77.4 Å². The number of sulfonamides is 1. The molecule has 5 rings (SSSR count). The summed E-state index contributed by atoms with van der Waals surface area (Å²) < 4.78 is 40.2. The normalized spacial score (nSPS) is 14.7. The number of nitrogens with zero attached hydrogens (tertiary/aromatic N) is 2. The molecule has 0 spiro atoms. The molecular weight excluding hydrogens is 495 g/mol. The van der Waals surface area contributed by atoms with Crippen molar-refractivity contribution in [2.75, 3.05) is 26.7 Å². The summed E-state index contributed by atoms with van der Waals surface area (Å²) in [6.45, 7) is 2.62. The maximum absolute atomic E-state index is 13.5. The number of hydrogen-bond acceptors (Lipinski definition) is 5. The molecule has 0 amide bonds. The molecule has 0 bridgehead atoms. The summed E-state index contributed by atoms with van der Waals surface area (Å²) in [7, 11) is -1.96. The van der Waals surface area contributed by atoms with Gasteiger partial charge in [-0.2, -0.15) is 0 Å². The highest BCUT2D eigenvalue weighted by molar-refractivity contribution is 7.91. The van der Waals surface area contributed by atoms with Gasteiger partial charge in [0.2, 0.25) is 10.0 Å². The summed E-state index contributed by atoms with van der Waals surface area (Å²) in [6, 6.07) is 14.1. The van der Waals surface area contributed by atoms with Crippen molar-refractivity contribution in [3.8, 4) is 22.4 Å². The van der Waals surface area contributed by atoms with Gasteiger partial charge in [-0.1, -0.05) is 6.08 Å². The Morgan fingerprint density at radius 2 is 1.86 bits per heavy atom. The van der Waals surface area contributed by atoms with Gasteiger partial charge in [0.1, 0.15) is 10.0 Å². The molecule has 1 aliphatic rings. The molecule has 186 valence electrons. The Hall–Kier alpha value is -3.11. The Kier molecular flexibility index (Phi) is 7.15. The van der Waals surface area contributed by atoms with Gasteiger partial charge in [-0.3, -0.25) is 9.88 Å². The van der Waals surface area contributed by atoms with Crippen molar-refractivity contribution in [2.45, 2.75) is 17.1 Å². The smallest absolute Gasteiger partial charge is 0.249 e. The van der Waals surface area contributed by atoms with Gasteiger partial charge in [0.15, 0.2) is 0 Å². The van der Waals surface area contributed by atoms with E-state index in [1.54, 1.807) is 30.6 Å². The zero-order chi connectivity index (χ0) is 25.1. The second-order valence-corrected chi connectivity index (χ2v) is 11.9. The number of halogens is 1. The molecule has 0 saturated carbocycles. The van der Waals surface area contributed by atoms with E-state index in [0.717, 1.165) is 65.3 Å². The molecule has 0 saturated heterocycles. The lowest BCUT2D eigenvalue weighted by atomic mass is 9.92. The molecule has 3 aromatic heterocycles. The van der Waals surface area contributed by atoms with Crippen LogP contribution >= 0.6 is 11.3 Å². The van der Waals surface area contributed by atoms with E-state index in [4.69, 9.17) is 0 Å². The Balaban J connectivity index is 1.34. The van der Waals surface area contributed by atoms with Crippen molar-refractivity contribution in [2.24, 2.45) is 0 Å². The fourth-order valence-electron chi connectivity index (χ4n) is 4.50. The molecule has 9 heteroatoms. The maximum atomic E-state index is 13.5. The maximum Gasteiger partial charge on any atom is 0.249 e. The molecule has 2 N–H and O–H groups in total. The van der Waals surface area contributed by atoms with Crippen molar-refractivity contribution in [3.05, 3.63) is 89.5 Å². The van der Waals surface area contributed by atoms with E-state index in [1.807, 2.05) is 24.4 Å². The Labute approximate surface area is 214 Å². The highest BCUT2D eigenvalue weighted by Crippen LogP contribution is 2.39. The quantitative estimate of drug-likeness (QED) is 0.334. The highest BCUT2D eigenvalue weighted by atomic mass is 32.2. The molecule has 0 atom stereocenters. The molecule has 1 aromatic carbocycles. The van der Waals surface area contributed by atoms with Crippen LogP contribution in [0.3, 0.4) is 0 Å². The van der Waals surface area contributed by atoms with Gasteiger partial charge in [-0.25, -0.2) is 17.5 Å². The third-order valence-corrected chi connectivity index (χ3v) is 9.52. The molecule has 0 aliphatic carbocycles. The van der Waals surface area contributed by atoms with Gasteiger partial charge in [0, 0.05) is 54.2 Å². The van der Waals surface area contributed by atoms with E-state index in [2.05, 4.69) is 25.7 Å². The van der Waals surface area contributed by atoms with Crippen molar-refractivity contribution in [1.82, 2.24) is 19.6 Å². The summed E-state index contributed by atoms with van der Waals surface area (Å²) in [6.07, 6.45) is 9.62. The molecule has 36 heavy (non-hydrogen) atoms. The fraction of sp³-hybridized carbons (Fsp3) is 0.222.